The Kier molecular flexibility index (Phi) is 5.52. The van der Waals surface area contributed by atoms with Crippen LogP contribution >= 0.6 is 15.9 Å². The Morgan fingerprint density at radius 3 is 2.56 bits per heavy atom. The van der Waals surface area contributed by atoms with E-state index in [1.54, 1.807) is 0 Å². The van der Waals surface area contributed by atoms with Gasteiger partial charge in [-0.05, 0) is 51.2 Å². The van der Waals surface area contributed by atoms with Crippen molar-refractivity contribution in [1.29, 1.82) is 0 Å². The number of alkyl halides is 1. The van der Waals surface area contributed by atoms with Crippen molar-refractivity contribution in [2.45, 2.75) is 38.5 Å². The third-order valence-corrected chi connectivity index (χ3v) is 6.05. The van der Waals surface area contributed by atoms with Gasteiger partial charge in [0.1, 0.15) is 0 Å². The van der Waals surface area contributed by atoms with Gasteiger partial charge in [-0.25, -0.2) is 0 Å². The van der Waals surface area contributed by atoms with Crippen LogP contribution in [0.1, 0.15) is 38.5 Å². The molecule has 2 rings (SSSR count). The van der Waals surface area contributed by atoms with Crippen molar-refractivity contribution in [3.8, 4) is 0 Å². The van der Waals surface area contributed by atoms with Crippen molar-refractivity contribution in [2.75, 3.05) is 45.6 Å². The van der Waals surface area contributed by atoms with Crippen LogP contribution in [-0.4, -0.2) is 55.4 Å². The zero-order valence-electron chi connectivity index (χ0n) is 12.1. The van der Waals surface area contributed by atoms with Crippen molar-refractivity contribution in [3.05, 3.63) is 0 Å². The Morgan fingerprint density at radius 2 is 2.00 bits per heavy atom. The van der Waals surface area contributed by atoms with E-state index in [-0.39, 0.29) is 0 Å². The van der Waals surface area contributed by atoms with Crippen LogP contribution in [0.4, 0.5) is 0 Å². The summed E-state index contributed by atoms with van der Waals surface area (Å²) in [5.41, 5.74) is 0.567. The first-order valence-corrected chi connectivity index (χ1v) is 8.69. The number of likely N-dealkylation sites (tertiary alicyclic amines) is 1. The first kappa shape index (κ1) is 14.8. The van der Waals surface area contributed by atoms with Crippen molar-refractivity contribution >= 4 is 15.9 Å². The van der Waals surface area contributed by atoms with Gasteiger partial charge in [-0.2, -0.15) is 0 Å². The third kappa shape index (κ3) is 3.94. The highest BCUT2D eigenvalue weighted by Gasteiger charge is 2.32. The maximum atomic E-state index is 3.78. The van der Waals surface area contributed by atoms with Crippen LogP contribution in [-0.2, 0) is 0 Å². The second-order valence-corrected chi connectivity index (χ2v) is 7.37. The Morgan fingerprint density at radius 1 is 1.28 bits per heavy atom. The van der Waals surface area contributed by atoms with Gasteiger partial charge in [0.25, 0.3) is 0 Å². The molecule has 1 saturated heterocycles. The molecule has 0 N–H and O–H groups in total. The highest BCUT2D eigenvalue weighted by molar-refractivity contribution is 9.09. The number of rotatable bonds is 5. The lowest BCUT2D eigenvalue weighted by atomic mass is 9.75. The fourth-order valence-electron chi connectivity index (χ4n) is 3.89. The first-order valence-electron chi connectivity index (χ1n) is 7.57. The molecule has 0 spiro atoms. The largest absolute Gasteiger partial charge is 0.306 e. The number of hydrogen-bond acceptors (Lipinski definition) is 2. The van der Waals surface area contributed by atoms with E-state index in [9.17, 15) is 0 Å². The van der Waals surface area contributed by atoms with Gasteiger partial charge in [-0.1, -0.05) is 35.2 Å². The molecule has 2 fully saturated rings. The fourth-order valence-corrected chi connectivity index (χ4v) is 4.63. The third-order valence-electron chi connectivity index (χ3n) is 4.86. The average Bonchev–Trinajstić information content (AvgIpc) is 2.75. The molecular weight excluding hydrogens is 288 g/mol. The monoisotopic (exact) mass is 316 g/mol. The molecule has 2 nitrogen and oxygen atoms in total. The van der Waals surface area contributed by atoms with Crippen LogP contribution in [0, 0.1) is 11.3 Å². The SMILES string of the molecule is CN1CCC(CN(C)CC2(CBr)CCCCC2)C1. The van der Waals surface area contributed by atoms with E-state index in [1.807, 2.05) is 0 Å². The summed E-state index contributed by atoms with van der Waals surface area (Å²) in [5.74, 6) is 0.899. The smallest absolute Gasteiger partial charge is 0.0100 e. The Bertz CT molecular complexity index is 251. The molecule has 0 aromatic heterocycles. The molecule has 1 heterocycles. The maximum absolute atomic E-state index is 3.78. The van der Waals surface area contributed by atoms with Gasteiger partial charge in [0, 0.05) is 25.0 Å². The van der Waals surface area contributed by atoms with Crippen LogP contribution in [0.3, 0.4) is 0 Å². The Hall–Kier alpha value is 0.400. The lowest BCUT2D eigenvalue weighted by Crippen LogP contribution is -2.40. The lowest BCUT2D eigenvalue weighted by Gasteiger charge is -2.39. The molecule has 106 valence electrons. The van der Waals surface area contributed by atoms with Crippen LogP contribution in [0.15, 0.2) is 0 Å². The summed E-state index contributed by atoms with van der Waals surface area (Å²) in [4.78, 5) is 5.08. The topological polar surface area (TPSA) is 6.48 Å². The summed E-state index contributed by atoms with van der Waals surface area (Å²) in [6.07, 6.45) is 8.56. The molecule has 0 radical (unpaired) electrons. The molecule has 1 unspecified atom stereocenters. The average molecular weight is 317 g/mol. The zero-order valence-corrected chi connectivity index (χ0v) is 13.7. The van der Waals surface area contributed by atoms with Gasteiger partial charge in [-0.15, -0.1) is 0 Å². The standard InChI is InChI=1S/C15H29BrN2/c1-17-9-6-14(10-17)11-18(2)13-15(12-16)7-4-3-5-8-15/h14H,3-13H2,1-2H3. The van der Waals surface area contributed by atoms with E-state index in [1.165, 1.54) is 70.0 Å². The van der Waals surface area contributed by atoms with Crippen molar-refractivity contribution < 1.29 is 0 Å². The molecule has 0 amide bonds. The van der Waals surface area contributed by atoms with Crippen LogP contribution in [0.2, 0.25) is 0 Å². The minimum absolute atomic E-state index is 0.567. The van der Waals surface area contributed by atoms with Gasteiger partial charge < -0.3 is 9.80 Å². The summed E-state index contributed by atoms with van der Waals surface area (Å²) in [5, 5.41) is 1.19. The second kappa shape index (κ2) is 6.71. The highest BCUT2D eigenvalue weighted by Crippen LogP contribution is 2.38. The molecule has 0 aromatic carbocycles. The lowest BCUT2D eigenvalue weighted by molar-refractivity contribution is 0.134. The van der Waals surface area contributed by atoms with Crippen molar-refractivity contribution in [3.63, 3.8) is 0 Å². The molecule has 1 aliphatic carbocycles. The first-order chi connectivity index (χ1) is 8.63. The molecule has 0 bridgehead atoms. The maximum Gasteiger partial charge on any atom is 0.0100 e. The number of hydrogen-bond donors (Lipinski definition) is 0. The minimum atomic E-state index is 0.567. The predicted molar refractivity (Wildman–Crippen MR) is 82.4 cm³/mol. The van der Waals surface area contributed by atoms with E-state index in [4.69, 9.17) is 0 Å². The van der Waals surface area contributed by atoms with Gasteiger partial charge >= 0.3 is 0 Å². The Labute approximate surface area is 121 Å². The van der Waals surface area contributed by atoms with Gasteiger partial charge in [0.05, 0.1) is 0 Å². The summed E-state index contributed by atoms with van der Waals surface area (Å²) in [6, 6.07) is 0. The molecule has 3 heteroatoms. The van der Waals surface area contributed by atoms with Crippen LogP contribution in [0.5, 0.6) is 0 Å². The number of nitrogens with zero attached hydrogens (tertiary/aromatic N) is 2. The molecule has 2 aliphatic rings. The summed E-state index contributed by atoms with van der Waals surface area (Å²) in [6.45, 7) is 5.17. The molecule has 1 aliphatic heterocycles. The summed E-state index contributed by atoms with van der Waals surface area (Å²) >= 11 is 3.78. The quantitative estimate of drug-likeness (QED) is 0.719. The number of halogens is 1. The van der Waals surface area contributed by atoms with Gasteiger partial charge in [0.15, 0.2) is 0 Å². The van der Waals surface area contributed by atoms with Gasteiger partial charge in [-0.3, -0.25) is 0 Å². The Balaban J connectivity index is 1.79. The highest BCUT2D eigenvalue weighted by atomic mass is 79.9. The van der Waals surface area contributed by atoms with E-state index >= 15 is 0 Å². The normalized spacial score (nSPS) is 29.0. The van der Waals surface area contributed by atoms with Crippen molar-refractivity contribution in [1.82, 2.24) is 9.80 Å². The molecular formula is C15H29BrN2. The minimum Gasteiger partial charge on any atom is -0.306 e. The molecule has 0 aromatic rings. The molecule has 18 heavy (non-hydrogen) atoms. The van der Waals surface area contributed by atoms with E-state index in [0.717, 1.165) is 5.92 Å². The van der Waals surface area contributed by atoms with Crippen LogP contribution < -0.4 is 0 Å². The van der Waals surface area contributed by atoms with Gasteiger partial charge in [0.2, 0.25) is 0 Å². The van der Waals surface area contributed by atoms with E-state index < -0.39 is 0 Å². The van der Waals surface area contributed by atoms with E-state index in [0.29, 0.717) is 5.41 Å². The van der Waals surface area contributed by atoms with Crippen LogP contribution in [0.25, 0.3) is 0 Å². The zero-order chi connectivity index (χ0) is 13.0. The van der Waals surface area contributed by atoms with Crippen molar-refractivity contribution in [2.24, 2.45) is 11.3 Å². The molecule has 1 saturated carbocycles. The predicted octanol–water partition coefficient (Wildman–Crippen LogP) is 3.22. The summed E-state index contributed by atoms with van der Waals surface area (Å²) < 4.78 is 0. The second-order valence-electron chi connectivity index (χ2n) is 6.81. The summed E-state index contributed by atoms with van der Waals surface area (Å²) in [7, 11) is 4.58. The fraction of sp³-hybridized carbons (Fsp3) is 1.00. The molecule has 1 atom stereocenters. The van der Waals surface area contributed by atoms with E-state index in [2.05, 4.69) is 39.8 Å².